The van der Waals surface area contributed by atoms with Gasteiger partial charge in [-0.15, -0.1) is 0 Å². The molecule has 1 unspecified atom stereocenters. The lowest BCUT2D eigenvalue weighted by Crippen LogP contribution is -2.41. The van der Waals surface area contributed by atoms with Gasteiger partial charge in [0, 0.05) is 12.6 Å². The molecule has 0 aliphatic heterocycles. The van der Waals surface area contributed by atoms with Gasteiger partial charge in [-0.1, -0.05) is 42.5 Å². The van der Waals surface area contributed by atoms with Crippen molar-refractivity contribution in [1.29, 1.82) is 0 Å². The molecule has 2 rings (SSSR count). The average Bonchev–Trinajstić information content (AvgIpc) is 2.47. The Morgan fingerprint density at radius 1 is 1.10 bits per heavy atom. The third-order valence-corrected chi connectivity index (χ3v) is 4.75. The molecular weight excluding hydrogens is 284 g/mol. The van der Waals surface area contributed by atoms with Crippen LogP contribution in [0.3, 0.4) is 0 Å². The summed E-state index contributed by atoms with van der Waals surface area (Å²) < 4.78 is 27.4. The Balaban J connectivity index is 2.14. The SMILES string of the molecule is Cc1cccc(S(=O)(=O)NC(CN)Cc2ccccc2)c1. The zero-order valence-electron chi connectivity index (χ0n) is 12.0. The van der Waals surface area contributed by atoms with E-state index in [0.29, 0.717) is 6.42 Å². The molecule has 0 aliphatic carbocycles. The summed E-state index contributed by atoms with van der Waals surface area (Å²) in [6.45, 7) is 2.11. The minimum Gasteiger partial charge on any atom is -0.329 e. The van der Waals surface area contributed by atoms with Crippen molar-refractivity contribution in [1.82, 2.24) is 4.72 Å². The molecule has 2 aromatic carbocycles. The van der Waals surface area contributed by atoms with E-state index >= 15 is 0 Å². The number of rotatable bonds is 6. The monoisotopic (exact) mass is 304 g/mol. The van der Waals surface area contributed by atoms with Crippen LogP contribution in [0.25, 0.3) is 0 Å². The number of nitrogens with two attached hydrogens (primary N) is 1. The predicted octanol–water partition coefficient (Wildman–Crippen LogP) is 1.84. The van der Waals surface area contributed by atoms with Crippen molar-refractivity contribution in [2.75, 3.05) is 6.54 Å². The standard InChI is InChI=1S/C16H20N2O2S/c1-13-6-5-9-16(10-13)21(19,20)18-15(12-17)11-14-7-3-2-4-8-14/h2-10,15,18H,11-12,17H2,1H3. The highest BCUT2D eigenvalue weighted by molar-refractivity contribution is 7.89. The van der Waals surface area contributed by atoms with Crippen LogP contribution in [0, 0.1) is 6.92 Å². The predicted molar refractivity (Wildman–Crippen MR) is 84.5 cm³/mol. The molecule has 0 fully saturated rings. The molecule has 0 spiro atoms. The summed E-state index contributed by atoms with van der Waals surface area (Å²) in [4.78, 5) is 0.272. The summed E-state index contributed by atoms with van der Waals surface area (Å²) in [5, 5.41) is 0. The normalized spacial score (nSPS) is 13.0. The second-order valence-corrected chi connectivity index (χ2v) is 6.77. The molecule has 0 saturated carbocycles. The fraction of sp³-hybridized carbons (Fsp3) is 0.250. The second kappa shape index (κ2) is 6.85. The number of nitrogens with one attached hydrogen (secondary N) is 1. The summed E-state index contributed by atoms with van der Waals surface area (Å²) in [7, 11) is -3.54. The van der Waals surface area contributed by atoms with Crippen LogP contribution in [0.2, 0.25) is 0 Å². The van der Waals surface area contributed by atoms with Gasteiger partial charge in [-0.2, -0.15) is 0 Å². The first-order valence-corrected chi connectivity index (χ1v) is 8.32. The summed E-state index contributed by atoms with van der Waals surface area (Å²) in [5.41, 5.74) is 7.67. The highest BCUT2D eigenvalue weighted by Crippen LogP contribution is 2.12. The van der Waals surface area contributed by atoms with Gasteiger partial charge >= 0.3 is 0 Å². The lowest BCUT2D eigenvalue weighted by molar-refractivity contribution is 0.548. The molecule has 1 atom stereocenters. The van der Waals surface area contributed by atoms with Crippen LogP contribution in [-0.2, 0) is 16.4 Å². The number of hydrogen-bond donors (Lipinski definition) is 2. The number of hydrogen-bond acceptors (Lipinski definition) is 3. The van der Waals surface area contributed by atoms with E-state index in [4.69, 9.17) is 5.73 Å². The maximum Gasteiger partial charge on any atom is 0.240 e. The van der Waals surface area contributed by atoms with Gasteiger partial charge in [0.25, 0.3) is 0 Å². The van der Waals surface area contributed by atoms with Crippen molar-refractivity contribution in [3.05, 3.63) is 65.7 Å². The van der Waals surface area contributed by atoms with Crippen LogP contribution < -0.4 is 10.5 Å². The molecule has 0 aromatic heterocycles. The molecule has 0 aliphatic rings. The molecule has 4 nitrogen and oxygen atoms in total. The minimum atomic E-state index is -3.54. The molecule has 0 bridgehead atoms. The van der Waals surface area contributed by atoms with Crippen molar-refractivity contribution >= 4 is 10.0 Å². The van der Waals surface area contributed by atoms with Crippen LogP contribution in [0.1, 0.15) is 11.1 Å². The van der Waals surface area contributed by atoms with Gasteiger partial charge in [0.15, 0.2) is 0 Å². The van der Waals surface area contributed by atoms with E-state index in [1.807, 2.05) is 43.3 Å². The van der Waals surface area contributed by atoms with Crippen LogP contribution in [-0.4, -0.2) is 21.0 Å². The molecular formula is C16H20N2O2S. The van der Waals surface area contributed by atoms with Gasteiger partial charge < -0.3 is 5.73 Å². The fourth-order valence-corrected chi connectivity index (χ4v) is 3.49. The van der Waals surface area contributed by atoms with E-state index in [9.17, 15) is 8.42 Å². The summed E-state index contributed by atoms with van der Waals surface area (Å²) in [6.07, 6.45) is 0.572. The first-order valence-electron chi connectivity index (χ1n) is 6.84. The van der Waals surface area contributed by atoms with Crippen molar-refractivity contribution in [3.8, 4) is 0 Å². The first-order chi connectivity index (χ1) is 10.0. The zero-order chi connectivity index (χ0) is 15.3. The molecule has 0 amide bonds. The highest BCUT2D eigenvalue weighted by atomic mass is 32.2. The van der Waals surface area contributed by atoms with Crippen LogP contribution in [0.4, 0.5) is 0 Å². The Kier molecular flexibility index (Phi) is 5.12. The van der Waals surface area contributed by atoms with E-state index in [2.05, 4.69) is 4.72 Å². The first kappa shape index (κ1) is 15.7. The Morgan fingerprint density at radius 3 is 2.43 bits per heavy atom. The lowest BCUT2D eigenvalue weighted by Gasteiger charge is -2.17. The van der Waals surface area contributed by atoms with Gasteiger partial charge in [0.1, 0.15) is 0 Å². The Labute approximate surface area is 126 Å². The molecule has 3 N–H and O–H groups in total. The highest BCUT2D eigenvalue weighted by Gasteiger charge is 2.19. The smallest absolute Gasteiger partial charge is 0.240 e. The molecule has 112 valence electrons. The van der Waals surface area contributed by atoms with Crippen molar-refractivity contribution in [2.45, 2.75) is 24.3 Å². The molecule has 2 aromatic rings. The fourth-order valence-electron chi connectivity index (χ4n) is 2.14. The molecule has 0 radical (unpaired) electrons. The second-order valence-electron chi connectivity index (χ2n) is 5.06. The molecule has 0 heterocycles. The van der Waals surface area contributed by atoms with Crippen molar-refractivity contribution in [3.63, 3.8) is 0 Å². The summed E-state index contributed by atoms with van der Waals surface area (Å²) >= 11 is 0. The Bertz CT molecular complexity index is 684. The van der Waals surface area contributed by atoms with Gasteiger partial charge in [0.05, 0.1) is 4.90 Å². The minimum absolute atomic E-state index is 0.250. The van der Waals surface area contributed by atoms with Gasteiger partial charge in [0.2, 0.25) is 10.0 Å². The van der Waals surface area contributed by atoms with Gasteiger partial charge in [-0.05, 0) is 36.6 Å². The Hall–Kier alpha value is -1.69. The zero-order valence-corrected chi connectivity index (χ0v) is 12.8. The van der Waals surface area contributed by atoms with Crippen LogP contribution in [0.15, 0.2) is 59.5 Å². The lowest BCUT2D eigenvalue weighted by atomic mass is 10.1. The van der Waals surface area contributed by atoms with E-state index < -0.39 is 10.0 Å². The largest absolute Gasteiger partial charge is 0.329 e. The van der Waals surface area contributed by atoms with Gasteiger partial charge in [-0.25, -0.2) is 13.1 Å². The number of benzene rings is 2. The maximum atomic E-state index is 12.4. The van der Waals surface area contributed by atoms with E-state index in [1.54, 1.807) is 18.2 Å². The van der Waals surface area contributed by atoms with E-state index in [1.165, 1.54) is 0 Å². The molecule has 21 heavy (non-hydrogen) atoms. The van der Waals surface area contributed by atoms with Crippen LogP contribution in [0.5, 0.6) is 0 Å². The van der Waals surface area contributed by atoms with Gasteiger partial charge in [-0.3, -0.25) is 0 Å². The number of sulfonamides is 1. The van der Waals surface area contributed by atoms with E-state index in [0.717, 1.165) is 11.1 Å². The Morgan fingerprint density at radius 2 is 1.81 bits per heavy atom. The molecule has 5 heteroatoms. The summed E-state index contributed by atoms with van der Waals surface area (Å²) in [5.74, 6) is 0. The average molecular weight is 304 g/mol. The third kappa shape index (κ3) is 4.39. The van der Waals surface area contributed by atoms with Crippen molar-refractivity contribution < 1.29 is 8.42 Å². The maximum absolute atomic E-state index is 12.4. The van der Waals surface area contributed by atoms with E-state index in [-0.39, 0.29) is 17.5 Å². The van der Waals surface area contributed by atoms with Crippen molar-refractivity contribution in [2.24, 2.45) is 5.73 Å². The quantitative estimate of drug-likeness (QED) is 0.855. The summed E-state index contributed by atoms with van der Waals surface area (Å²) in [6, 6.07) is 16.2. The number of aryl methyl sites for hydroxylation is 1. The van der Waals surface area contributed by atoms with Crippen LogP contribution >= 0.6 is 0 Å². The topological polar surface area (TPSA) is 72.2 Å². The third-order valence-electron chi connectivity index (χ3n) is 3.23. The molecule has 0 saturated heterocycles.